The maximum atomic E-state index is 11.9. The van der Waals surface area contributed by atoms with Crippen LogP contribution in [0, 0.1) is 6.92 Å². The Balaban J connectivity index is 2.33. The lowest BCUT2D eigenvalue weighted by molar-refractivity contribution is 0.109. The molecule has 0 saturated heterocycles. The predicted molar refractivity (Wildman–Crippen MR) is 63.1 cm³/mol. The molecule has 1 aromatic carbocycles. The fourth-order valence-corrected chi connectivity index (χ4v) is 2.54. The molecule has 94 valence electrons. The van der Waals surface area contributed by atoms with E-state index in [-0.39, 0.29) is 16.6 Å². The van der Waals surface area contributed by atoms with Crippen LogP contribution in [0.3, 0.4) is 0 Å². The van der Waals surface area contributed by atoms with Crippen molar-refractivity contribution in [3.8, 4) is 5.95 Å². The Bertz CT molecular complexity index is 669. The molecular weight excluding hydrogens is 256 g/mol. The largest absolute Gasteiger partial charge is 0.422 e. The minimum atomic E-state index is -3.95. The van der Waals surface area contributed by atoms with Crippen LogP contribution in [-0.2, 0) is 10.1 Å². The van der Waals surface area contributed by atoms with Crippen LogP contribution in [0.1, 0.15) is 16.1 Å². The lowest BCUT2D eigenvalue weighted by Crippen LogP contribution is -2.10. The molecule has 0 atom stereocenters. The van der Waals surface area contributed by atoms with E-state index in [1.807, 2.05) is 0 Å². The Labute approximate surface area is 104 Å². The molecule has 0 fully saturated rings. The summed E-state index contributed by atoms with van der Waals surface area (Å²) in [6.07, 6.45) is 0.466. The first-order chi connectivity index (χ1) is 8.53. The highest BCUT2D eigenvalue weighted by Crippen LogP contribution is 2.22. The fourth-order valence-electron chi connectivity index (χ4n) is 1.43. The number of aryl methyl sites for hydroxylation is 1. The fraction of sp³-hybridized carbons (Fsp3) is 0.0833. The average Bonchev–Trinajstić information content (AvgIpc) is 2.76. The molecule has 0 aliphatic rings. The van der Waals surface area contributed by atoms with Gasteiger partial charge in [0.05, 0.1) is 0 Å². The summed E-state index contributed by atoms with van der Waals surface area (Å²) in [4.78, 5) is 10.5. The lowest BCUT2D eigenvalue weighted by Gasteiger charge is -2.06. The van der Waals surface area contributed by atoms with Gasteiger partial charge in [0.1, 0.15) is 4.90 Å². The number of carbonyl (C=O) groups is 1. The van der Waals surface area contributed by atoms with Gasteiger partial charge in [-0.05, 0) is 24.6 Å². The van der Waals surface area contributed by atoms with E-state index in [9.17, 15) is 13.2 Å². The highest BCUT2D eigenvalue weighted by molar-refractivity contribution is 7.87. The third-order valence-corrected chi connectivity index (χ3v) is 3.65. The number of rotatable bonds is 4. The second-order valence-corrected chi connectivity index (χ2v) is 5.09. The van der Waals surface area contributed by atoms with Gasteiger partial charge in [0.25, 0.3) is 0 Å². The smallest absolute Gasteiger partial charge is 0.342 e. The normalized spacial score (nSPS) is 11.2. The molecule has 1 aromatic heterocycles. The zero-order valence-corrected chi connectivity index (χ0v) is 10.3. The van der Waals surface area contributed by atoms with Gasteiger partial charge >= 0.3 is 16.1 Å². The summed E-state index contributed by atoms with van der Waals surface area (Å²) in [6.45, 7) is 1.66. The average molecular weight is 266 g/mol. The first-order valence-electron chi connectivity index (χ1n) is 5.08. The van der Waals surface area contributed by atoms with E-state index < -0.39 is 10.1 Å². The molecule has 6 heteroatoms. The van der Waals surface area contributed by atoms with Gasteiger partial charge in [0, 0.05) is 6.07 Å². The molecule has 0 N–H and O–H groups in total. The molecular formula is C12H10O5S. The number of carbonyl (C=O) groups excluding carboxylic acids is 1. The Kier molecular flexibility index (Phi) is 3.20. The van der Waals surface area contributed by atoms with E-state index in [4.69, 9.17) is 8.60 Å². The van der Waals surface area contributed by atoms with E-state index in [1.54, 1.807) is 25.1 Å². The highest BCUT2D eigenvalue weighted by Gasteiger charge is 2.20. The van der Waals surface area contributed by atoms with Crippen molar-refractivity contribution >= 4 is 16.4 Å². The summed E-state index contributed by atoms with van der Waals surface area (Å²) in [6, 6.07) is 9.03. The number of furan rings is 1. The van der Waals surface area contributed by atoms with Crippen LogP contribution in [0.2, 0.25) is 0 Å². The van der Waals surface area contributed by atoms with Crippen molar-refractivity contribution in [2.45, 2.75) is 11.8 Å². The number of aldehydes is 1. The third-order valence-electron chi connectivity index (χ3n) is 2.27. The quantitative estimate of drug-likeness (QED) is 0.626. The molecule has 0 aliphatic carbocycles. The van der Waals surface area contributed by atoms with Crippen LogP contribution >= 0.6 is 0 Å². The van der Waals surface area contributed by atoms with Crippen molar-refractivity contribution in [3.63, 3.8) is 0 Å². The first kappa shape index (κ1) is 12.4. The van der Waals surface area contributed by atoms with E-state index in [1.165, 1.54) is 18.2 Å². The van der Waals surface area contributed by atoms with Gasteiger partial charge in [0.2, 0.25) is 0 Å². The molecule has 18 heavy (non-hydrogen) atoms. The van der Waals surface area contributed by atoms with Crippen molar-refractivity contribution in [2.75, 3.05) is 0 Å². The predicted octanol–water partition coefficient (Wildman–Crippen LogP) is 2.17. The summed E-state index contributed by atoms with van der Waals surface area (Å²) >= 11 is 0. The summed E-state index contributed by atoms with van der Waals surface area (Å²) in [7, 11) is -3.95. The maximum absolute atomic E-state index is 11.9. The molecule has 0 amide bonds. The van der Waals surface area contributed by atoms with E-state index in [0.29, 0.717) is 11.8 Å². The first-order valence-corrected chi connectivity index (χ1v) is 6.49. The third kappa shape index (κ3) is 2.43. The van der Waals surface area contributed by atoms with E-state index in [2.05, 4.69) is 0 Å². The van der Waals surface area contributed by atoms with Crippen LogP contribution in [0.4, 0.5) is 0 Å². The van der Waals surface area contributed by atoms with Gasteiger partial charge < -0.3 is 8.60 Å². The van der Waals surface area contributed by atoms with Crippen molar-refractivity contribution < 1.29 is 21.8 Å². The molecule has 5 nitrogen and oxygen atoms in total. The van der Waals surface area contributed by atoms with Crippen LogP contribution in [-0.4, -0.2) is 14.7 Å². The van der Waals surface area contributed by atoms with Gasteiger partial charge in [-0.1, -0.05) is 18.2 Å². The minimum absolute atomic E-state index is 0.00461. The van der Waals surface area contributed by atoms with Crippen LogP contribution in [0.5, 0.6) is 5.95 Å². The molecule has 1 heterocycles. The molecule has 0 unspecified atom stereocenters. The monoisotopic (exact) mass is 266 g/mol. The molecule has 2 aromatic rings. The number of hydrogen-bond donors (Lipinski definition) is 0. The lowest BCUT2D eigenvalue weighted by atomic mass is 10.2. The molecule has 0 saturated carbocycles. The summed E-state index contributed by atoms with van der Waals surface area (Å²) in [5, 5.41) is 0. The zero-order chi connectivity index (χ0) is 13.2. The minimum Gasteiger partial charge on any atom is -0.422 e. The summed E-state index contributed by atoms with van der Waals surface area (Å²) < 4.78 is 33.6. The van der Waals surface area contributed by atoms with Gasteiger partial charge in [-0.25, -0.2) is 0 Å². The van der Waals surface area contributed by atoms with E-state index in [0.717, 1.165) is 0 Å². The van der Waals surface area contributed by atoms with Crippen LogP contribution in [0.25, 0.3) is 0 Å². The Morgan fingerprint density at radius 1 is 1.17 bits per heavy atom. The molecule has 2 rings (SSSR count). The second-order valence-electron chi connectivity index (χ2n) is 3.58. The number of hydrogen-bond acceptors (Lipinski definition) is 5. The van der Waals surface area contributed by atoms with Crippen LogP contribution in [0.15, 0.2) is 45.7 Å². The van der Waals surface area contributed by atoms with Crippen molar-refractivity contribution in [1.82, 2.24) is 0 Å². The Morgan fingerprint density at radius 2 is 1.89 bits per heavy atom. The topological polar surface area (TPSA) is 73.6 Å². The van der Waals surface area contributed by atoms with Crippen LogP contribution < -0.4 is 4.18 Å². The number of benzene rings is 1. The van der Waals surface area contributed by atoms with Crippen molar-refractivity contribution in [3.05, 3.63) is 47.7 Å². The highest BCUT2D eigenvalue weighted by atomic mass is 32.2. The van der Waals surface area contributed by atoms with Gasteiger partial charge in [-0.15, -0.1) is 0 Å². The van der Waals surface area contributed by atoms with Gasteiger partial charge in [0.15, 0.2) is 12.0 Å². The zero-order valence-electron chi connectivity index (χ0n) is 9.49. The molecule has 0 bridgehead atoms. The SMILES string of the molecule is Cc1ccccc1S(=O)(=O)Oc1ccc(C=O)o1. The maximum Gasteiger partial charge on any atom is 0.342 e. The standard InChI is InChI=1S/C12H10O5S/c1-9-4-2-3-5-11(9)18(14,15)17-12-7-6-10(8-13)16-12/h2-8H,1H3. The molecule has 0 spiro atoms. The summed E-state index contributed by atoms with van der Waals surface area (Å²) in [5.74, 6) is -0.231. The van der Waals surface area contributed by atoms with Gasteiger partial charge in [-0.3, -0.25) is 4.79 Å². The van der Waals surface area contributed by atoms with Gasteiger partial charge in [-0.2, -0.15) is 8.42 Å². The molecule has 0 radical (unpaired) electrons. The Morgan fingerprint density at radius 3 is 2.50 bits per heavy atom. The van der Waals surface area contributed by atoms with Crippen molar-refractivity contribution in [1.29, 1.82) is 0 Å². The summed E-state index contributed by atoms with van der Waals surface area (Å²) in [5.41, 5.74) is 0.569. The molecule has 0 aliphatic heterocycles. The Hall–Kier alpha value is -2.08. The van der Waals surface area contributed by atoms with Crippen molar-refractivity contribution in [2.24, 2.45) is 0 Å². The second kappa shape index (κ2) is 4.66. The van der Waals surface area contributed by atoms with E-state index >= 15 is 0 Å².